The molecule has 112 valence electrons. The van der Waals surface area contributed by atoms with Gasteiger partial charge < -0.3 is 10.1 Å². The molecule has 0 radical (unpaired) electrons. The van der Waals surface area contributed by atoms with Crippen molar-refractivity contribution in [2.24, 2.45) is 0 Å². The van der Waals surface area contributed by atoms with E-state index in [1.165, 1.54) is 11.1 Å². The molecule has 5 heteroatoms. The highest BCUT2D eigenvalue weighted by Gasteiger charge is 2.50. The van der Waals surface area contributed by atoms with Gasteiger partial charge in [0.1, 0.15) is 0 Å². The second kappa shape index (κ2) is 4.44. The summed E-state index contributed by atoms with van der Waals surface area (Å²) >= 11 is 0. The molecule has 0 bridgehead atoms. The Labute approximate surface area is 124 Å². The molecule has 1 spiro atoms. The molecule has 2 saturated heterocycles. The number of fused-ring (bicyclic) bond motifs is 1. The van der Waals surface area contributed by atoms with Gasteiger partial charge >= 0.3 is 0 Å². The third-order valence-electron chi connectivity index (χ3n) is 5.14. The average Bonchev–Trinajstić information content (AvgIpc) is 2.99. The van der Waals surface area contributed by atoms with Crippen LogP contribution in [-0.4, -0.2) is 41.5 Å². The molecule has 5 nitrogen and oxygen atoms in total. The lowest BCUT2D eigenvalue weighted by Crippen LogP contribution is -2.67. The first-order valence-electron chi connectivity index (χ1n) is 7.70. The minimum absolute atomic E-state index is 0.0468. The summed E-state index contributed by atoms with van der Waals surface area (Å²) in [4.78, 5) is 18.5. The molecule has 1 aromatic rings. The molecule has 1 aliphatic carbocycles. The van der Waals surface area contributed by atoms with Crippen molar-refractivity contribution in [3.05, 3.63) is 22.9 Å². The molecule has 3 heterocycles. The van der Waals surface area contributed by atoms with Crippen LogP contribution in [0.5, 0.6) is 5.88 Å². The Morgan fingerprint density at radius 1 is 1.43 bits per heavy atom. The fourth-order valence-electron chi connectivity index (χ4n) is 4.20. The molecule has 0 aromatic carbocycles. The molecule has 2 aliphatic heterocycles. The first-order chi connectivity index (χ1) is 10.1. The molecule has 1 amide bonds. The number of aryl methyl sites for hydroxylation is 2. The zero-order valence-corrected chi connectivity index (χ0v) is 12.6. The summed E-state index contributed by atoms with van der Waals surface area (Å²) in [6.45, 7) is 3.93. The minimum Gasteiger partial charge on any atom is -0.481 e. The van der Waals surface area contributed by atoms with Gasteiger partial charge in [0, 0.05) is 36.8 Å². The largest absolute Gasteiger partial charge is 0.481 e. The third-order valence-corrected chi connectivity index (χ3v) is 5.14. The fraction of sp³-hybridized carbons (Fsp3) is 0.625. The van der Waals surface area contributed by atoms with E-state index in [2.05, 4.69) is 21.3 Å². The zero-order chi connectivity index (χ0) is 14.6. The van der Waals surface area contributed by atoms with Gasteiger partial charge in [0.05, 0.1) is 12.6 Å². The van der Waals surface area contributed by atoms with Crippen molar-refractivity contribution < 1.29 is 9.53 Å². The third kappa shape index (κ3) is 1.94. The predicted octanol–water partition coefficient (Wildman–Crippen LogP) is 1.35. The maximum Gasteiger partial charge on any atom is 0.220 e. The fourth-order valence-corrected chi connectivity index (χ4v) is 4.20. The Kier molecular flexibility index (Phi) is 2.76. The summed E-state index contributed by atoms with van der Waals surface area (Å²) in [6, 6.07) is 2.58. The molecule has 3 aliphatic rings. The minimum atomic E-state index is 0.0468. The van der Waals surface area contributed by atoms with Gasteiger partial charge in [-0.05, 0) is 37.8 Å². The van der Waals surface area contributed by atoms with Gasteiger partial charge in [-0.15, -0.1) is 0 Å². The summed E-state index contributed by atoms with van der Waals surface area (Å²) in [5, 5.41) is 3.15. The van der Waals surface area contributed by atoms with Gasteiger partial charge in [0.15, 0.2) is 0 Å². The number of nitrogens with zero attached hydrogens (tertiary/aromatic N) is 2. The first-order valence-corrected chi connectivity index (χ1v) is 7.70. The van der Waals surface area contributed by atoms with E-state index in [0.717, 1.165) is 43.9 Å². The number of carbonyl (C=O) groups excluding carboxylic acids is 1. The Hall–Kier alpha value is -1.62. The molecule has 0 unspecified atom stereocenters. The smallest absolute Gasteiger partial charge is 0.220 e. The van der Waals surface area contributed by atoms with Crippen LogP contribution in [0.1, 0.15) is 42.1 Å². The second-order valence-corrected chi connectivity index (χ2v) is 6.63. The Bertz CT molecular complexity index is 608. The molecule has 1 N–H and O–H groups in total. The van der Waals surface area contributed by atoms with Crippen LogP contribution in [0.15, 0.2) is 6.07 Å². The van der Waals surface area contributed by atoms with E-state index in [1.807, 2.05) is 6.92 Å². The molecular formula is C16H21N3O2. The van der Waals surface area contributed by atoms with Gasteiger partial charge in [0.25, 0.3) is 0 Å². The van der Waals surface area contributed by atoms with Crippen molar-refractivity contribution >= 4 is 5.91 Å². The summed E-state index contributed by atoms with van der Waals surface area (Å²) in [5.41, 5.74) is 3.71. The molecule has 1 atom stereocenters. The van der Waals surface area contributed by atoms with Crippen LogP contribution in [0.4, 0.5) is 0 Å². The van der Waals surface area contributed by atoms with E-state index in [1.54, 1.807) is 7.11 Å². The zero-order valence-electron chi connectivity index (χ0n) is 12.6. The number of hydrogen-bond donors (Lipinski definition) is 1. The van der Waals surface area contributed by atoms with Gasteiger partial charge in [-0.3, -0.25) is 9.69 Å². The van der Waals surface area contributed by atoms with Crippen LogP contribution in [0, 0.1) is 6.92 Å². The van der Waals surface area contributed by atoms with Crippen LogP contribution in [0.3, 0.4) is 0 Å². The van der Waals surface area contributed by atoms with E-state index >= 15 is 0 Å². The van der Waals surface area contributed by atoms with Gasteiger partial charge in [-0.2, -0.15) is 0 Å². The second-order valence-electron chi connectivity index (χ2n) is 6.63. The van der Waals surface area contributed by atoms with E-state index < -0.39 is 0 Å². The van der Waals surface area contributed by atoms with Crippen LogP contribution >= 0.6 is 0 Å². The number of amides is 1. The highest BCUT2D eigenvalue weighted by atomic mass is 16.5. The van der Waals surface area contributed by atoms with Crippen LogP contribution in [0.2, 0.25) is 0 Å². The number of carbonyl (C=O) groups is 1. The van der Waals surface area contributed by atoms with E-state index in [0.29, 0.717) is 12.5 Å². The van der Waals surface area contributed by atoms with E-state index in [9.17, 15) is 4.79 Å². The lowest BCUT2D eigenvalue weighted by molar-refractivity contribution is -0.121. The number of hydrogen-bond acceptors (Lipinski definition) is 4. The standard InChI is InChI=1S/C16H21N3O2/c1-10-7-11-3-4-12(14(11)15(17-10)21-2)19-8-16(9-19)6-5-13(20)18-16/h7,12H,3-6,8-9H2,1-2H3,(H,18,20)/t12-/m0/s1. The summed E-state index contributed by atoms with van der Waals surface area (Å²) in [6.07, 6.45) is 3.88. The number of aromatic nitrogens is 1. The molecule has 0 saturated carbocycles. The van der Waals surface area contributed by atoms with Crippen molar-refractivity contribution in [3.8, 4) is 5.88 Å². The number of rotatable bonds is 2. The Morgan fingerprint density at radius 3 is 2.90 bits per heavy atom. The molecular weight excluding hydrogens is 266 g/mol. The van der Waals surface area contributed by atoms with Crippen molar-refractivity contribution in [3.63, 3.8) is 0 Å². The van der Waals surface area contributed by atoms with E-state index in [4.69, 9.17) is 4.74 Å². The van der Waals surface area contributed by atoms with Crippen LogP contribution in [0.25, 0.3) is 0 Å². The van der Waals surface area contributed by atoms with Crippen LogP contribution in [-0.2, 0) is 11.2 Å². The monoisotopic (exact) mass is 287 g/mol. The molecule has 4 rings (SSSR count). The Balaban J connectivity index is 1.57. The highest BCUT2D eigenvalue weighted by molar-refractivity contribution is 5.79. The Morgan fingerprint density at radius 2 is 2.24 bits per heavy atom. The average molecular weight is 287 g/mol. The predicted molar refractivity (Wildman–Crippen MR) is 78.3 cm³/mol. The van der Waals surface area contributed by atoms with Crippen molar-refractivity contribution in [2.75, 3.05) is 20.2 Å². The molecule has 1 aromatic heterocycles. The summed E-state index contributed by atoms with van der Waals surface area (Å²) in [7, 11) is 1.70. The number of pyridine rings is 1. The molecule has 21 heavy (non-hydrogen) atoms. The van der Waals surface area contributed by atoms with Gasteiger partial charge in [0.2, 0.25) is 11.8 Å². The number of methoxy groups -OCH3 is 1. The lowest BCUT2D eigenvalue weighted by atomic mass is 9.86. The summed E-state index contributed by atoms with van der Waals surface area (Å²) < 4.78 is 5.51. The number of likely N-dealkylation sites (tertiary alicyclic amines) is 1. The van der Waals surface area contributed by atoms with Gasteiger partial charge in [-0.25, -0.2) is 4.98 Å². The first kappa shape index (κ1) is 13.1. The normalized spacial score (nSPS) is 26.6. The van der Waals surface area contributed by atoms with Crippen molar-refractivity contribution in [2.45, 2.75) is 44.2 Å². The molecule has 2 fully saturated rings. The topological polar surface area (TPSA) is 54.5 Å². The highest BCUT2D eigenvalue weighted by Crippen LogP contribution is 2.45. The van der Waals surface area contributed by atoms with Crippen molar-refractivity contribution in [1.82, 2.24) is 15.2 Å². The number of ether oxygens (including phenoxy) is 1. The van der Waals surface area contributed by atoms with E-state index in [-0.39, 0.29) is 11.4 Å². The van der Waals surface area contributed by atoms with Crippen LogP contribution < -0.4 is 10.1 Å². The summed E-state index contributed by atoms with van der Waals surface area (Å²) in [5.74, 6) is 0.986. The SMILES string of the molecule is COc1nc(C)cc2c1[C@@H](N1CC3(CCC(=O)N3)C1)CC2. The maximum atomic E-state index is 11.5. The van der Waals surface area contributed by atoms with Crippen molar-refractivity contribution in [1.29, 1.82) is 0 Å². The van der Waals surface area contributed by atoms with Gasteiger partial charge in [-0.1, -0.05) is 0 Å². The number of nitrogens with one attached hydrogen (secondary N) is 1. The maximum absolute atomic E-state index is 11.5. The quantitative estimate of drug-likeness (QED) is 0.892. The lowest BCUT2D eigenvalue weighted by Gasteiger charge is -2.50.